The number of amides is 1. The number of hydrogen-bond donors (Lipinski definition) is 1. The van der Waals surface area contributed by atoms with Gasteiger partial charge in [-0.15, -0.1) is 0 Å². The molecule has 1 heterocycles. The molecule has 1 aliphatic heterocycles. The Kier molecular flexibility index (Phi) is 6.19. The fourth-order valence-electron chi connectivity index (χ4n) is 3.55. The van der Waals surface area contributed by atoms with E-state index in [-0.39, 0.29) is 17.8 Å². The lowest BCUT2D eigenvalue weighted by atomic mass is 10.1. The number of anilines is 1. The summed E-state index contributed by atoms with van der Waals surface area (Å²) in [5.41, 5.74) is 2.89. The molecule has 1 amide bonds. The van der Waals surface area contributed by atoms with Gasteiger partial charge in [0.15, 0.2) is 0 Å². The average Bonchev–Trinajstić information content (AvgIpc) is 2.76. The SMILES string of the molecule is O=C(CC1COc2ccccc2N1Cc1ccc(F)cc1)NCc1ccc(Cl)cc1. The highest BCUT2D eigenvalue weighted by Crippen LogP contribution is 2.35. The van der Waals surface area contributed by atoms with E-state index in [0.29, 0.717) is 31.1 Å². The maximum Gasteiger partial charge on any atom is 0.222 e. The molecule has 1 unspecified atom stereocenters. The third kappa shape index (κ3) is 4.92. The largest absolute Gasteiger partial charge is 0.489 e. The Balaban J connectivity index is 1.46. The maximum atomic E-state index is 13.3. The first-order valence-corrected chi connectivity index (χ1v) is 10.2. The molecule has 0 aromatic heterocycles. The van der Waals surface area contributed by atoms with Crippen molar-refractivity contribution in [1.82, 2.24) is 5.32 Å². The molecule has 6 heteroatoms. The summed E-state index contributed by atoms with van der Waals surface area (Å²) in [4.78, 5) is 14.8. The number of nitrogens with one attached hydrogen (secondary N) is 1. The Morgan fingerprint density at radius 2 is 1.73 bits per heavy atom. The fraction of sp³-hybridized carbons (Fsp3) is 0.208. The number of ether oxygens (including phenoxy) is 1. The van der Waals surface area contributed by atoms with Gasteiger partial charge in [-0.25, -0.2) is 4.39 Å². The fourth-order valence-corrected chi connectivity index (χ4v) is 3.67. The average molecular weight is 425 g/mol. The van der Waals surface area contributed by atoms with E-state index in [9.17, 15) is 9.18 Å². The van der Waals surface area contributed by atoms with Gasteiger partial charge < -0.3 is 15.0 Å². The monoisotopic (exact) mass is 424 g/mol. The number of rotatable bonds is 6. The number of nitrogens with zero attached hydrogens (tertiary/aromatic N) is 1. The van der Waals surface area contributed by atoms with Gasteiger partial charge in [-0.2, -0.15) is 0 Å². The van der Waals surface area contributed by atoms with Crippen molar-refractivity contribution in [3.05, 3.63) is 94.8 Å². The van der Waals surface area contributed by atoms with Crippen LogP contribution in [-0.4, -0.2) is 18.6 Å². The maximum absolute atomic E-state index is 13.3. The Hall–Kier alpha value is -3.05. The van der Waals surface area contributed by atoms with Gasteiger partial charge in [0, 0.05) is 18.1 Å². The van der Waals surface area contributed by atoms with E-state index >= 15 is 0 Å². The molecule has 0 saturated heterocycles. The zero-order valence-corrected chi connectivity index (χ0v) is 17.1. The van der Waals surface area contributed by atoms with Gasteiger partial charge in [-0.05, 0) is 47.5 Å². The van der Waals surface area contributed by atoms with Crippen molar-refractivity contribution < 1.29 is 13.9 Å². The van der Waals surface area contributed by atoms with E-state index < -0.39 is 0 Å². The van der Waals surface area contributed by atoms with Crippen LogP contribution in [0.4, 0.5) is 10.1 Å². The molecule has 1 atom stereocenters. The molecule has 3 aromatic rings. The first-order valence-electron chi connectivity index (χ1n) is 9.82. The Morgan fingerprint density at radius 1 is 1.03 bits per heavy atom. The number of hydrogen-bond acceptors (Lipinski definition) is 3. The molecule has 1 aliphatic rings. The summed E-state index contributed by atoms with van der Waals surface area (Å²) in [5, 5.41) is 3.63. The van der Waals surface area contributed by atoms with E-state index in [2.05, 4.69) is 10.2 Å². The van der Waals surface area contributed by atoms with Crippen LogP contribution in [0.2, 0.25) is 5.02 Å². The van der Waals surface area contributed by atoms with Gasteiger partial charge in [0.25, 0.3) is 0 Å². The molecule has 0 spiro atoms. The molecule has 0 aliphatic carbocycles. The van der Waals surface area contributed by atoms with Gasteiger partial charge in [-0.3, -0.25) is 4.79 Å². The van der Waals surface area contributed by atoms with Crippen LogP contribution in [0.25, 0.3) is 0 Å². The summed E-state index contributed by atoms with van der Waals surface area (Å²) >= 11 is 5.91. The minimum atomic E-state index is -0.265. The van der Waals surface area contributed by atoms with E-state index in [0.717, 1.165) is 22.6 Å². The lowest BCUT2D eigenvalue weighted by molar-refractivity contribution is -0.121. The number of fused-ring (bicyclic) bond motifs is 1. The summed E-state index contributed by atoms with van der Waals surface area (Å²) in [7, 11) is 0. The van der Waals surface area contributed by atoms with Gasteiger partial charge in [-0.1, -0.05) is 48.0 Å². The van der Waals surface area contributed by atoms with Crippen molar-refractivity contribution >= 4 is 23.2 Å². The van der Waals surface area contributed by atoms with Crippen molar-refractivity contribution in [3.63, 3.8) is 0 Å². The van der Waals surface area contributed by atoms with Crippen LogP contribution in [0.1, 0.15) is 17.5 Å². The summed E-state index contributed by atoms with van der Waals surface area (Å²) in [6, 6.07) is 21.5. The van der Waals surface area contributed by atoms with Crippen molar-refractivity contribution in [3.8, 4) is 5.75 Å². The van der Waals surface area contributed by atoms with Crippen LogP contribution < -0.4 is 15.0 Å². The summed E-state index contributed by atoms with van der Waals surface area (Å²) < 4.78 is 19.2. The molecule has 154 valence electrons. The van der Waals surface area contributed by atoms with Crippen molar-refractivity contribution in [2.24, 2.45) is 0 Å². The quantitative estimate of drug-likeness (QED) is 0.608. The predicted octanol–water partition coefficient (Wildman–Crippen LogP) is 4.95. The second kappa shape index (κ2) is 9.18. The highest BCUT2D eigenvalue weighted by atomic mass is 35.5. The lowest BCUT2D eigenvalue weighted by Gasteiger charge is -2.38. The van der Waals surface area contributed by atoms with Gasteiger partial charge in [0.2, 0.25) is 5.91 Å². The van der Waals surface area contributed by atoms with Crippen LogP contribution in [0, 0.1) is 5.82 Å². The molecular formula is C24H22ClFN2O2. The first-order chi connectivity index (χ1) is 14.6. The molecule has 1 N–H and O–H groups in total. The zero-order chi connectivity index (χ0) is 20.9. The molecular weight excluding hydrogens is 403 g/mol. The van der Waals surface area contributed by atoms with Crippen molar-refractivity contribution in [2.45, 2.75) is 25.6 Å². The smallest absolute Gasteiger partial charge is 0.222 e. The van der Waals surface area contributed by atoms with Gasteiger partial charge in [0.1, 0.15) is 18.2 Å². The number of carbonyl (C=O) groups excluding carboxylic acids is 1. The van der Waals surface area contributed by atoms with Gasteiger partial charge in [0.05, 0.1) is 18.2 Å². The lowest BCUT2D eigenvalue weighted by Crippen LogP contribution is -2.45. The van der Waals surface area contributed by atoms with Gasteiger partial charge >= 0.3 is 0 Å². The molecule has 0 fully saturated rings. The van der Waals surface area contributed by atoms with E-state index in [1.807, 2.05) is 36.4 Å². The summed E-state index contributed by atoms with van der Waals surface area (Å²) in [6.07, 6.45) is 0.295. The first kappa shape index (κ1) is 20.2. The molecule has 0 bridgehead atoms. The van der Waals surface area contributed by atoms with Crippen molar-refractivity contribution in [2.75, 3.05) is 11.5 Å². The number of halogens is 2. The Bertz CT molecular complexity index is 1010. The van der Waals surface area contributed by atoms with E-state index in [1.54, 1.807) is 24.3 Å². The van der Waals surface area contributed by atoms with Crippen molar-refractivity contribution in [1.29, 1.82) is 0 Å². The number of benzene rings is 3. The van der Waals surface area contributed by atoms with E-state index in [1.165, 1.54) is 12.1 Å². The third-order valence-electron chi connectivity index (χ3n) is 5.14. The van der Waals surface area contributed by atoms with Crippen LogP contribution in [0.3, 0.4) is 0 Å². The van der Waals surface area contributed by atoms with Crippen LogP contribution >= 0.6 is 11.6 Å². The molecule has 0 saturated carbocycles. The number of carbonyl (C=O) groups is 1. The Morgan fingerprint density at radius 3 is 2.50 bits per heavy atom. The minimum absolute atomic E-state index is 0.0537. The topological polar surface area (TPSA) is 41.6 Å². The molecule has 4 nitrogen and oxygen atoms in total. The van der Waals surface area contributed by atoms with Crippen LogP contribution in [0.15, 0.2) is 72.8 Å². The Labute approximate surface area is 180 Å². The summed E-state index contributed by atoms with van der Waals surface area (Å²) in [6.45, 7) is 1.42. The molecule has 0 radical (unpaired) electrons. The zero-order valence-electron chi connectivity index (χ0n) is 16.4. The molecule has 4 rings (SSSR count). The molecule has 3 aromatic carbocycles. The molecule has 30 heavy (non-hydrogen) atoms. The van der Waals surface area contributed by atoms with Crippen LogP contribution in [0.5, 0.6) is 5.75 Å². The predicted molar refractivity (Wildman–Crippen MR) is 116 cm³/mol. The standard InChI is InChI=1S/C24H22ClFN2O2/c25-19-9-5-17(6-10-19)14-27-24(29)13-21-16-30-23-4-2-1-3-22(23)28(21)15-18-7-11-20(26)12-8-18/h1-12,21H,13-16H2,(H,27,29). The second-order valence-electron chi connectivity index (χ2n) is 7.29. The third-order valence-corrected chi connectivity index (χ3v) is 5.39. The highest BCUT2D eigenvalue weighted by Gasteiger charge is 2.29. The second-order valence-corrected chi connectivity index (χ2v) is 7.73. The number of para-hydroxylation sites is 2. The van der Waals surface area contributed by atoms with E-state index in [4.69, 9.17) is 16.3 Å². The normalized spacial score (nSPS) is 15.3. The summed E-state index contributed by atoms with van der Waals surface area (Å²) in [5.74, 6) is 0.471. The van der Waals surface area contributed by atoms with Crippen LogP contribution in [-0.2, 0) is 17.9 Å². The minimum Gasteiger partial charge on any atom is -0.489 e. The highest BCUT2D eigenvalue weighted by molar-refractivity contribution is 6.30.